The van der Waals surface area contributed by atoms with E-state index in [1.54, 1.807) is 11.8 Å². The fraction of sp³-hybridized carbons (Fsp3) is 0.429. The van der Waals surface area contributed by atoms with E-state index >= 15 is 0 Å². The summed E-state index contributed by atoms with van der Waals surface area (Å²) in [5.41, 5.74) is 1.71. The standard InChI is InChI=1S/C14H15N5OS/c1-2-6-10(5-1)19-14(16-17-18-19)21-9-13-15-11-7-3-4-8-12(11)20-13/h3-4,7-8,10H,1-2,5-6,9H2. The predicted molar refractivity (Wildman–Crippen MR) is 78.9 cm³/mol. The number of aromatic nitrogens is 5. The summed E-state index contributed by atoms with van der Waals surface area (Å²) in [5.74, 6) is 1.35. The van der Waals surface area contributed by atoms with Crippen LogP contribution in [0.3, 0.4) is 0 Å². The van der Waals surface area contributed by atoms with E-state index in [0.717, 1.165) is 16.3 Å². The largest absolute Gasteiger partial charge is 0.440 e. The van der Waals surface area contributed by atoms with Gasteiger partial charge in [0.15, 0.2) is 5.58 Å². The van der Waals surface area contributed by atoms with Crippen LogP contribution in [0.25, 0.3) is 11.1 Å². The lowest BCUT2D eigenvalue weighted by atomic mass is 10.3. The topological polar surface area (TPSA) is 69.6 Å². The van der Waals surface area contributed by atoms with Crippen molar-refractivity contribution in [2.45, 2.75) is 42.6 Å². The molecule has 0 radical (unpaired) electrons. The summed E-state index contributed by atoms with van der Waals surface area (Å²) in [5, 5.41) is 12.9. The third-order valence-electron chi connectivity index (χ3n) is 3.80. The summed E-state index contributed by atoms with van der Waals surface area (Å²) in [6, 6.07) is 8.24. The zero-order chi connectivity index (χ0) is 14.1. The summed E-state index contributed by atoms with van der Waals surface area (Å²) < 4.78 is 7.68. The van der Waals surface area contributed by atoms with Crippen molar-refractivity contribution < 1.29 is 4.42 Å². The molecule has 0 atom stereocenters. The Morgan fingerprint density at radius 2 is 2.10 bits per heavy atom. The number of para-hydroxylation sites is 2. The first-order chi connectivity index (χ1) is 10.4. The van der Waals surface area contributed by atoms with Gasteiger partial charge < -0.3 is 4.42 Å². The third-order valence-corrected chi connectivity index (χ3v) is 4.71. The second-order valence-electron chi connectivity index (χ2n) is 5.21. The maximum Gasteiger partial charge on any atom is 0.210 e. The van der Waals surface area contributed by atoms with Crippen molar-refractivity contribution in [1.82, 2.24) is 25.2 Å². The van der Waals surface area contributed by atoms with Crippen LogP contribution in [0.15, 0.2) is 33.8 Å². The van der Waals surface area contributed by atoms with Gasteiger partial charge in [0.25, 0.3) is 0 Å². The van der Waals surface area contributed by atoms with Crippen LogP contribution >= 0.6 is 11.8 Å². The van der Waals surface area contributed by atoms with Crippen molar-refractivity contribution in [3.8, 4) is 0 Å². The van der Waals surface area contributed by atoms with Crippen LogP contribution in [0.1, 0.15) is 37.6 Å². The van der Waals surface area contributed by atoms with Gasteiger partial charge in [0, 0.05) is 0 Å². The fourth-order valence-corrected chi connectivity index (χ4v) is 3.55. The first-order valence-electron chi connectivity index (χ1n) is 7.15. The molecule has 0 N–H and O–H groups in total. The van der Waals surface area contributed by atoms with Crippen LogP contribution in [0.4, 0.5) is 0 Å². The van der Waals surface area contributed by atoms with Crippen molar-refractivity contribution in [3.63, 3.8) is 0 Å². The molecule has 3 aromatic rings. The highest BCUT2D eigenvalue weighted by Gasteiger charge is 2.22. The SMILES string of the molecule is c1ccc2oc(CSc3nnnn3C3CCCC3)nc2c1. The van der Waals surface area contributed by atoms with E-state index in [0.29, 0.717) is 17.7 Å². The number of thioether (sulfide) groups is 1. The predicted octanol–water partition coefficient (Wildman–Crippen LogP) is 3.22. The molecule has 2 heterocycles. The number of benzene rings is 1. The van der Waals surface area contributed by atoms with Gasteiger partial charge in [-0.1, -0.05) is 36.7 Å². The van der Waals surface area contributed by atoms with Crippen molar-refractivity contribution in [1.29, 1.82) is 0 Å². The molecule has 0 bridgehead atoms. The lowest BCUT2D eigenvalue weighted by Gasteiger charge is -2.09. The Bertz CT molecular complexity index is 714. The molecule has 6 nitrogen and oxygen atoms in total. The first-order valence-corrected chi connectivity index (χ1v) is 8.14. The third kappa shape index (κ3) is 2.53. The molecule has 1 saturated carbocycles. The summed E-state index contributed by atoms with van der Waals surface area (Å²) in [6.45, 7) is 0. The average molecular weight is 301 g/mol. The molecule has 1 aromatic carbocycles. The number of rotatable bonds is 4. The van der Waals surface area contributed by atoms with Gasteiger partial charge in [-0.3, -0.25) is 0 Å². The van der Waals surface area contributed by atoms with Crippen LogP contribution in [0, 0.1) is 0 Å². The van der Waals surface area contributed by atoms with Gasteiger partial charge in [-0.05, 0) is 35.4 Å². The molecule has 7 heteroatoms. The molecule has 2 aromatic heterocycles. The molecule has 0 amide bonds. The number of nitrogens with zero attached hydrogens (tertiary/aromatic N) is 5. The highest BCUT2D eigenvalue weighted by Crippen LogP contribution is 2.32. The average Bonchev–Trinajstić information content (AvgIpc) is 3.23. The Hall–Kier alpha value is -1.89. The maximum atomic E-state index is 5.72. The molecule has 21 heavy (non-hydrogen) atoms. The highest BCUT2D eigenvalue weighted by atomic mass is 32.2. The number of hydrogen-bond donors (Lipinski definition) is 0. The number of fused-ring (bicyclic) bond motifs is 1. The smallest absolute Gasteiger partial charge is 0.210 e. The Morgan fingerprint density at radius 3 is 2.95 bits per heavy atom. The van der Waals surface area contributed by atoms with Crippen molar-refractivity contribution in [2.24, 2.45) is 0 Å². The molecular formula is C14H15N5OS. The molecule has 1 aliphatic rings. The van der Waals surface area contributed by atoms with E-state index < -0.39 is 0 Å². The number of tetrazole rings is 1. The van der Waals surface area contributed by atoms with Gasteiger partial charge in [0.1, 0.15) is 5.52 Å². The lowest BCUT2D eigenvalue weighted by molar-refractivity contribution is 0.423. The monoisotopic (exact) mass is 301 g/mol. The van der Waals surface area contributed by atoms with Crippen molar-refractivity contribution in [3.05, 3.63) is 30.2 Å². The second kappa shape index (κ2) is 5.48. The van der Waals surface area contributed by atoms with Crippen LogP contribution in [0.5, 0.6) is 0 Å². The Balaban J connectivity index is 1.50. The molecule has 108 valence electrons. The van der Waals surface area contributed by atoms with Gasteiger partial charge in [0.05, 0.1) is 11.8 Å². The molecule has 0 saturated heterocycles. The minimum absolute atomic E-state index is 0.450. The molecule has 0 spiro atoms. The molecular weight excluding hydrogens is 286 g/mol. The van der Waals surface area contributed by atoms with Gasteiger partial charge in [-0.25, -0.2) is 9.67 Å². The van der Waals surface area contributed by atoms with Gasteiger partial charge in [-0.2, -0.15) is 0 Å². The summed E-state index contributed by atoms with van der Waals surface area (Å²) in [6.07, 6.45) is 4.86. The zero-order valence-corrected chi connectivity index (χ0v) is 12.3. The van der Waals surface area contributed by atoms with Crippen LogP contribution < -0.4 is 0 Å². The zero-order valence-electron chi connectivity index (χ0n) is 11.5. The van der Waals surface area contributed by atoms with Gasteiger partial charge >= 0.3 is 0 Å². The summed E-state index contributed by atoms with van der Waals surface area (Å²) >= 11 is 1.58. The molecule has 4 rings (SSSR count). The van der Waals surface area contributed by atoms with Crippen molar-refractivity contribution in [2.75, 3.05) is 0 Å². The van der Waals surface area contributed by atoms with E-state index in [-0.39, 0.29) is 0 Å². The molecule has 0 unspecified atom stereocenters. The Morgan fingerprint density at radius 1 is 1.24 bits per heavy atom. The van der Waals surface area contributed by atoms with Crippen LogP contribution in [-0.4, -0.2) is 25.2 Å². The van der Waals surface area contributed by atoms with E-state index in [1.807, 2.05) is 28.9 Å². The number of oxazole rings is 1. The molecule has 1 aliphatic carbocycles. The Kier molecular flexibility index (Phi) is 3.34. The summed E-state index contributed by atoms with van der Waals surface area (Å²) in [7, 11) is 0. The highest BCUT2D eigenvalue weighted by molar-refractivity contribution is 7.98. The minimum Gasteiger partial charge on any atom is -0.440 e. The maximum absolute atomic E-state index is 5.72. The van der Waals surface area contributed by atoms with Crippen molar-refractivity contribution >= 4 is 22.9 Å². The van der Waals surface area contributed by atoms with E-state index in [9.17, 15) is 0 Å². The quantitative estimate of drug-likeness (QED) is 0.689. The first kappa shape index (κ1) is 12.8. The Labute approximate surface area is 125 Å². The molecule has 1 fully saturated rings. The fourth-order valence-electron chi connectivity index (χ4n) is 2.77. The summed E-state index contributed by atoms with van der Waals surface area (Å²) in [4.78, 5) is 4.47. The van der Waals surface area contributed by atoms with Gasteiger partial charge in [0.2, 0.25) is 11.0 Å². The van der Waals surface area contributed by atoms with E-state index in [4.69, 9.17) is 4.42 Å². The van der Waals surface area contributed by atoms with E-state index in [2.05, 4.69) is 20.5 Å². The molecule has 0 aliphatic heterocycles. The second-order valence-corrected chi connectivity index (χ2v) is 6.15. The van der Waals surface area contributed by atoms with E-state index in [1.165, 1.54) is 25.7 Å². The normalized spacial score (nSPS) is 16.0. The minimum atomic E-state index is 0.450. The van der Waals surface area contributed by atoms with Crippen LogP contribution in [0.2, 0.25) is 0 Å². The van der Waals surface area contributed by atoms with Gasteiger partial charge in [-0.15, -0.1) is 5.10 Å². The lowest BCUT2D eigenvalue weighted by Crippen LogP contribution is -2.08. The number of hydrogen-bond acceptors (Lipinski definition) is 6. The van der Waals surface area contributed by atoms with Crippen LogP contribution in [-0.2, 0) is 5.75 Å².